The molecule has 8 nitrogen and oxygen atoms in total. The Bertz CT molecular complexity index is 503. The molecular formula is C15H31N5O3S2. The number of thioether (sulfide) groups is 1. The molecular weight excluding hydrogens is 362 g/mol. The first kappa shape index (κ1) is 20.8. The maximum absolute atomic E-state index is 12.3. The van der Waals surface area contributed by atoms with Crippen LogP contribution in [0.3, 0.4) is 0 Å². The minimum absolute atomic E-state index is 0.103. The quantitative estimate of drug-likeness (QED) is 0.415. The zero-order chi connectivity index (χ0) is 18.0. The number of hydrogen-bond donors (Lipinski definition) is 2. The van der Waals surface area contributed by atoms with Crippen LogP contribution in [0, 0.1) is 0 Å². The van der Waals surface area contributed by atoms with Crippen LogP contribution in [0.25, 0.3) is 0 Å². The van der Waals surface area contributed by atoms with Gasteiger partial charge in [-0.25, -0.2) is 12.7 Å². The predicted octanol–water partition coefficient (Wildman–Crippen LogP) is -0.748. The van der Waals surface area contributed by atoms with Gasteiger partial charge in [0.15, 0.2) is 5.96 Å². The van der Waals surface area contributed by atoms with Gasteiger partial charge in [0.05, 0.1) is 25.5 Å². The van der Waals surface area contributed by atoms with Gasteiger partial charge in [0.25, 0.3) is 0 Å². The Morgan fingerprint density at radius 3 is 2.56 bits per heavy atom. The summed E-state index contributed by atoms with van der Waals surface area (Å²) in [5.74, 6) is 2.56. The molecule has 0 aromatic heterocycles. The van der Waals surface area contributed by atoms with Crippen molar-refractivity contribution in [3.05, 3.63) is 0 Å². The van der Waals surface area contributed by atoms with E-state index in [4.69, 9.17) is 4.74 Å². The summed E-state index contributed by atoms with van der Waals surface area (Å²) in [6.07, 6.45) is 0. The highest BCUT2D eigenvalue weighted by molar-refractivity contribution is 7.99. The van der Waals surface area contributed by atoms with Gasteiger partial charge in [-0.1, -0.05) is 0 Å². The molecule has 2 aliphatic rings. The standard InChI is InChI=1S/C15H31N5O3S2/c1-2-16-15(17-3-5-19-6-10-23-11-7-19)18-4-14-25(21,22)20-8-12-24-13-9-20/h2-14H2,1H3,(H2,16,17,18). The molecule has 0 spiro atoms. The van der Waals surface area contributed by atoms with Gasteiger partial charge in [0, 0.05) is 57.3 Å². The molecule has 0 amide bonds. The van der Waals surface area contributed by atoms with Crippen LogP contribution in [0.2, 0.25) is 0 Å². The summed E-state index contributed by atoms with van der Waals surface area (Å²) in [6.45, 7) is 9.42. The van der Waals surface area contributed by atoms with Crippen LogP contribution >= 0.6 is 11.8 Å². The summed E-state index contributed by atoms with van der Waals surface area (Å²) in [4.78, 5) is 6.87. The summed E-state index contributed by atoms with van der Waals surface area (Å²) in [7, 11) is -3.18. The second-order valence-electron chi connectivity index (χ2n) is 5.97. The average molecular weight is 394 g/mol. The lowest BCUT2D eigenvalue weighted by atomic mass is 10.4. The zero-order valence-electron chi connectivity index (χ0n) is 15.1. The number of nitrogens with zero attached hydrogens (tertiary/aromatic N) is 3. The van der Waals surface area contributed by atoms with E-state index in [1.165, 1.54) is 0 Å². The average Bonchev–Trinajstić information content (AvgIpc) is 2.63. The summed E-state index contributed by atoms with van der Waals surface area (Å²) in [5, 5.41) is 6.31. The first-order chi connectivity index (χ1) is 12.1. The van der Waals surface area contributed by atoms with Crippen LogP contribution in [-0.2, 0) is 14.8 Å². The molecule has 146 valence electrons. The van der Waals surface area contributed by atoms with E-state index in [-0.39, 0.29) is 5.75 Å². The highest BCUT2D eigenvalue weighted by atomic mass is 32.2. The lowest BCUT2D eigenvalue weighted by Gasteiger charge is -2.26. The number of ether oxygens (including phenoxy) is 1. The van der Waals surface area contributed by atoms with Crippen molar-refractivity contribution in [3.63, 3.8) is 0 Å². The topological polar surface area (TPSA) is 86.3 Å². The third-order valence-corrected chi connectivity index (χ3v) is 6.96. The van der Waals surface area contributed by atoms with E-state index in [0.29, 0.717) is 32.1 Å². The third-order valence-electron chi connectivity index (χ3n) is 4.15. The van der Waals surface area contributed by atoms with Gasteiger partial charge >= 0.3 is 0 Å². The van der Waals surface area contributed by atoms with Crippen molar-refractivity contribution in [2.24, 2.45) is 4.99 Å². The van der Waals surface area contributed by atoms with Crippen molar-refractivity contribution in [2.75, 3.05) is 82.8 Å². The van der Waals surface area contributed by atoms with E-state index in [1.54, 1.807) is 4.31 Å². The molecule has 0 atom stereocenters. The van der Waals surface area contributed by atoms with Crippen LogP contribution in [0.4, 0.5) is 0 Å². The molecule has 0 bridgehead atoms. The third kappa shape index (κ3) is 7.69. The van der Waals surface area contributed by atoms with Crippen LogP contribution in [0.1, 0.15) is 6.92 Å². The number of morpholine rings is 1. The highest BCUT2D eigenvalue weighted by Gasteiger charge is 2.23. The molecule has 0 aromatic carbocycles. The molecule has 0 aliphatic carbocycles. The van der Waals surface area contributed by atoms with Crippen molar-refractivity contribution < 1.29 is 13.2 Å². The molecule has 10 heteroatoms. The van der Waals surface area contributed by atoms with E-state index in [9.17, 15) is 8.42 Å². The predicted molar refractivity (Wildman–Crippen MR) is 104 cm³/mol. The number of guanidine groups is 1. The smallest absolute Gasteiger partial charge is 0.215 e. The number of rotatable bonds is 8. The molecule has 0 aromatic rings. The second kappa shape index (κ2) is 11.2. The molecule has 2 heterocycles. The molecule has 2 rings (SSSR count). The largest absolute Gasteiger partial charge is 0.379 e. The summed E-state index contributed by atoms with van der Waals surface area (Å²) >= 11 is 1.81. The highest BCUT2D eigenvalue weighted by Crippen LogP contribution is 2.12. The minimum Gasteiger partial charge on any atom is -0.379 e. The Morgan fingerprint density at radius 1 is 1.16 bits per heavy atom. The summed E-state index contributed by atoms with van der Waals surface area (Å²) < 4.78 is 31.6. The molecule has 0 unspecified atom stereocenters. The van der Waals surface area contributed by atoms with E-state index >= 15 is 0 Å². The fourth-order valence-corrected chi connectivity index (χ4v) is 5.21. The van der Waals surface area contributed by atoms with Gasteiger partial charge in [0.2, 0.25) is 10.0 Å². The number of hydrogen-bond acceptors (Lipinski definition) is 6. The molecule has 25 heavy (non-hydrogen) atoms. The van der Waals surface area contributed by atoms with Gasteiger partial charge in [-0.3, -0.25) is 9.89 Å². The summed E-state index contributed by atoms with van der Waals surface area (Å²) in [5.41, 5.74) is 0. The second-order valence-corrected chi connectivity index (χ2v) is 9.28. The number of aliphatic imine (C=N–C) groups is 1. The van der Waals surface area contributed by atoms with E-state index in [2.05, 4.69) is 20.5 Å². The Morgan fingerprint density at radius 2 is 1.88 bits per heavy atom. The maximum atomic E-state index is 12.3. The molecule has 2 saturated heterocycles. The first-order valence-electron chi connectivity index (χ1n) is 8.99. The first-order valence-corrected chi connectivity index (χ1v) is 11.8. The normalized spacial score (nSPS) is 21.2. The zero-order valence-corrected chi connectivity index (χ0v) is 16.7. The molecule has 2 fully saturated rings. The van der Waals surface area contributed by atoms with Crippen LogP contribution in [0.5, 0.6) is 0 Å². The van der Waals surface area contributed by atoms with Crippen LogP contribution in [-0.4, -0.2) is 106 Å². The van der Waals surface area contributed by atoms with E-state index < -0.39 is 10.0 Å². The Balaban J connectivity index is 1.73. The molecule has 0 saturated carbocycles. The molecule has 0 radical (unpaired) electrons. The fourth-order valence-electron chi connectivity index (χ4n) is 2.72. The lowest BCUT2D eigenvalue weighted by Crippen LogP contribution is -2.44. The van der Waals surface area contributed by atoms with Crippen molar-refractivity contribution in [3.8, 4) is 0 Å². The van der Waals surface area contributed by atoms with Crippen molar-refractivity contribution >= 4 is 27.7 Å². The van der Waals surface area contributed by atoms with Crippen molar-refractivity contribution in [1.29, 1.82) is 0 Å². The molecule has 2 aliphatic heterocycles. The SMILES string of the molecule is CCNC(=NCCN1CCOCC1)NCCS(=O)(=O)N1CCSCC1. The van der Waals surface area contributed by atoms with Gasteiger partial charge in [-0.15, -0.1) is 0 Å². The summed E-state index contributed by atoms with van der Waals surface area (Å²) in [6, 6.07) is 0. The van der Waals surface area contributed by atoms with Gasteiger partial charge in [0.1, 0.15) is 0 Å². The van der Waals surface area contributed by atoms with Gasteiger partial charge in [-0.05, 0) is 6.92 Å². The fraction of sp³-hybridized carbons (Fsp3) is 0.933. The van der Waals surface area contributed by atoms with Crippen LogP contribution in [0.15, 0.2) is 4.99 Å². The van der Waals surface area contributed by atoms with Gasteiger partial charge < -0.3 is 15.4 Å². The van der Waals surface area contributed by atoms with Crippen molar-refractivity contribution in [1.82, 2.24) is 19.8 Å². The van der Waals surface area contributed by atoms with Crippen LogP contribution < -0.4 is 10.6 Å². The molecule has 2 N–H and O–H groups in total. The minimum atomic E-state index is -3.18. The maximum Gasteiger partial charge on any atom is 0.215 e. The van der Waals surface area contributed by atoms with E-state index in [0.717, 1.165) is 50.9 Å². The van der Waals surface area contributed by atoms with E-state index in [1.807, 2.05) is 18.7 Å². The Hall–Kier alpha value is -0.550. The monoisotopic (exact) mass is 393 g/mol. The number of sulfonamides is 1. The Kier molecular flexibility index (Phi) is 9.32. The number of nitrogens with one attached hydrogen (secondary N) is 2. The van der Waals surface area contributed by atoms with Crippen molar-refractivity contribution in [2.45, 2.75) is 6.92 Å². The van der Waals surface area contributed by atoms with Gasteiger partial charge in [-0.2, -0.15) is 11.8 Å². The Labute approximate surface area is 155 Å². The lowest BCUT2D eigenvalue weighted by molar-refractivity contribution is 0.0394.